The van der Waals surface area contributed by atoms with E-state index in [1.165, 1.54) is 29.2 Å². The number of carbonyl (C=O) groups excluding carboxylic acids is 2. The Morgan fingerprint density at radius 3 is 2.55 bits per heavy atom. The van der Waals surface area contributed by atoms with Gasteiger partial charge in [-0.05, 0) is 67.7 Å². The smallest absolute Gasteiger partial charge is 0.280 e. The maximum Gasteiger partial charge on any atom is 0.280 e. The summed E-state index contributed by atoms with van der Waals surface area (Å²) in [5.41, 5.74) is 0.425. The van der Waals surface area contributed by atoms with Gasteiger partial charge in [0.15, 0.2) is 5.11 Å². The summed E-state index contributed by atoms with van der Waals surface area (Å²) in [5.74, 6) is -0.250. The number of nitrogens with one attached hydrogen (secondary N) is 1. The van der Waals surface area contributed by atoms with Gasteiger partial charge in [-0.2, -0.15) is 0 Å². The molecule has 1 aromatic heterocycles. The monoisotopic (exact) mass is 463 g/mol. The second kappa shape index (κ2) is 9.05. The van der Waals surface area contributed by atoms with Crippen molar-refractivity contribution in [2.45, 2.75) is 6.92 Å². The minimum atomic E-state index is -0.671. The van der Waals surface area contributed by atoms with Crippen LogP contribution in [0.15, 0.2) is 70.7 Å². The van der Waals surface area contributed by atoms with Crippen molar-refractivity contribution in [3.05, 3.63) is 82.1 Å². The summed E-state index contributed by atoms with van der Waals surface area (Å²) in [6.45, 7) is 2.36. The summed E-state index contributed by atoms with van der Waals surface area (Å²) >= 11 is 5.20. The molecule has 33 heavy (non-hydrogen) atoms. The van der Waals surface area contributed by atoms with Crippen LogP contribution in [0.4, 0.5) is 11.4 Å². The first-order valence-corrected chi connectivity index (χ1v) is 10.3. The Morgan fingerprint density at radius 1 is 1.12 bits per heavy atom. The Labute approximate surface area is 193 Å². The van der Waals surface area contributed by atoms with Gasteiger partial charge in [-0.3, -0.25) is 29.9 Å². The van der Waals surface area contributed by atoms with E-state index in [1.807, 2.05) is 6.92 Å². The van der Waals surface area contributed by atoms with Crippen LogP contribution in [0.3, 0.4) is 0 Å². The highest BCUT2D eigenvalue weighted by atomic mass is 32.1. The number of hydrogen-bond acceptors (Lipinski definition) is 7. The average Bonchev–Trinajstić information content (AvgIpc) is 3.26. The molecule has 0 atom stereocenters. The predicted molar refractivity (Wildman–Crippen MR) is 125 cm³/mol. The summed E-state index contributed by atoms with van der Waals surface area (Å²) in [6, 6.07) is 15.9. The number of nitrogens with zero attached hydrogens (tertiary/aromatic N) is 2. The summed E-state index contributed by atoms with van der Waals surface area (Å²) in [7, 11) is 0. The lowest BCUT2D eigenvalue weighted by atomic mass is 10.1. The van der Waals surface area contributed by atoms with Crippen LogP contribution in [0.25, 0.3) is 17.4 Å². The zero-order valence-electron chi connectivity index (χ0n) is 17.3. The molecule has 9 nitrogen and oxygen atoms in total. The van der Waals surface area contributed by atoms with Crippen LogP contribution in [0.1, 0.15) is 12.7 Å². The number of rotatable bonds is 6. The second-order valence-electron chi connectivity index (χ2n) is 6.86. The van der Waals surface area contributed by atoms with Crippen LogP contribution >= 0.6 is 12.2 Å². The first-order valence-electron chi connectivity index (χ1n) is 9.87. The molecule has 2 amide bonds. The maximum atomic E-state index is 13.1. The topological polar surface area (TPSA) is 115 Å². The molecule has 0 saturated carbocycles. The summed E-state index contributed by atoms with van der Waals surface area (Å²) < 4.78 is 11.1. The largest absolute Gasteiger partial charge is 0.494 e. The number of nitro groups is 1. The fraction of sp³-hybridized carbons (Fsp3) is 0.0870. The van der Waals surface area contributed by atoms with Gasteiger partial charge < -0.3 is 9.15 Å². The first-order chi connectivity index (χ1) is 15.9. The Morgan fingerprint density at radius 2 is 1.85 bits per heavy atom. The molecule has 0 unspecified atom stereocenters. The van der Waals surface area contributed by atoms with E-state index in [2.05, 4.69) is 5.32 Å². The van der Waals surface area contributed by atoms with Crippen molar-refractivity contribution in [1.29, 1.82) is 0 Å². The van der Waals surface area contributed by atoms with Gasteiger partial charge in [0.05, 0.1) is 22.8 Å². The molecule has 2 aromatic carbocycles. The van der Waals surface area contributed by atoms with E-state index in [9.17, 15) is 19.7 Å². The predicted octanol–water partition coefficient (Wildman–Crippen LogP) is 4.08. The van der Waals surface area contributed by atoms with Crippen molar-refractivity contribution in [3.63, 3.8) is 0 Å². The quantitative estimate of drug-likeness (QED) is 0.193. The van der Waals surface area contributed by atoms with Gasteiger partial charge in [0.1, 0.15) is 22.8 Å². The third-order valence-electron chi connectivity index (χ3n) is 4.79. The van der Waals surface area contributed by atoms with E-state index in [4.69, 9.17) is 21.4 Å². The molecular formula is C23H17N3O6S. The fourth-order valence-electron chi connectivity index (χ4n) is 3.31. The zero-order chi connectivity index (χ0) is 23.5. The van der Waals surface area contributed by atoms with Crippen molar-refractivity contribution in [1.82, 2.24) is 5.32 Å². The summed E-state index contributed by atoms with van der Waals surface area (Å²) in [6.07, 6.45) is 1.28. The average molecular weight is 463 g/mol. The molecule has 10 heteroatoms. The fourth-order valence-corrected chi connectivity index (χ4v) is 3.59. The van der Waals surface area contributed by atoms with Gasteiger partial charge in [-0.25, -0.2) is 0 Å². The number of benzene rings is 2. The molecule has 0 spiro atoms. The normalized spacial score (nSPS) is 15.0. The van der Waals surface area contributed by atoms with Crippen LogP contribution < -0.4 is 15.0 Å². The highest BCUT2D eigenvalue weighted by Crippen LogP contribution is 2.32. The van der Waals surface area contributed by atoms with Crippen LogP contribution in [0.2, 0.25) is 0 Å². The van der Waals surface area contributed by atoms with Crippen LogP contribution in [-0.2, 0) is 9.59 Å². The van der Waals surface area contributed by atoms with E-state index < -0.39 is 16.7 Å². The summed E-state index contributed by atoms with van der Waals surface area (Å²) in [4.78, 5) is 37.6. The number of para-hydroxylation sites is 1. The summed E-state index contributed by atoms with van der Waals surface area (Å²) in [5, 5.41) is 13.7. The van der Waals surface area contributed by atoms with E-state index in [0.29, 0.717) is 18.0 Å². The van der Waals surface area contributed by atoms with E-state index in [1.54, 1.807) is 42.5 Å². The molecule has 2 heterocycles. The Kier molecular flexibility index (Phi) is 6.01. The molecule has 1 aliphatic rings. The number of carbonyl (C=O) groups is 2. The SMILES string of the molecule is CCOc1ccc(N2C(=O)/C(=C/c3ccc(-c4ccccc4[N+](=O)[O-])o3)C(=O)NC2=S)cc1. The Balaban J connectivity index is 1.65. The van der Waals surface area contributed by atoms with Crippen LogP contribution in [-0.4, -0.2) is 28.5 Å². The number of anilines is 1. The van der Waals surface area contributed by atoms with Gasteiger partial charge in [0.2, 0.25) is 0 Å². The minimum Gasteiger partial charge on any atom is -0.494 e. The van der Waals surface area contributed by atoms with Crippen molar-refractivity contribution in [2.24, 2.45) is 0 Å². The molecule has 0 bridgehead atoms. The van der Waals surface area contributed by atoms with E-state index in [-0.39, 0.29) is 33.5 Å². The molecule has 3 aromatic rings. The third-order valence-corrected chi connectivity index (χ3v) is 5.07. The standard InChI is InChI=1S/C23H17N3O6S/c1-2-31-15-9-7-14(8-10-15)25-22(28)18(21(27)24-23(25)33)13-16-11-12-20(32-16)17-5-3-4-6-19(17)26(29)30/h3-13H,2H2,1H3,(H,24,27,33)/b18-13+. The molecule has 0 radical (unpaired) electrons. The highest BCUT2D eigenvalue weighted by molar-refractivity contribution is 7.80. The van der Waals surface area contributed by atoms with E-state index in [0.717, 1.165) is 0 Å². The molecule has 0 aliphatic carbocycles. The maximum absolute atomic E-state index is 13.1. The zero-order valence-corrected chi connectivity index (χ0v) is 18.1. The Hall–Kier alpha value is -4.31. The van der Waals surface area contributed by atoms with Crippen molar-refractivity contribution in [2.75, 3.05) is 11.5 Å². The van der Waals surface area contributed by atoms with Gasteiger partial charge >= 0.3 is 0 Å². The second-order valence-corrected chi connectivity index (χ2v) is 7.25. The van der Waals surface area contributed by atoms with Crippen molar-refractivity contribution >= 4 is 46.6 Å². The lowest BCUT2D eigenvalue weighted by Gasteiger charge is -2.28. The lowest BCUT2D eigenvalue weighted by Crippen LogP contribution is -2.54. The third kappa shape index (κ3) is 4.37. The Bertz CT molecular complexity index is 1300. The van der Waals surface area contributed by atoms with Crippen LogP contribution in [0.5, 0.6) is 5.75 Å². The number of amides is 2. The molecule has 4 rings (SSSR count). The first kappa shape index (κ1) is 21.9. The van der Waals surface area contributed by atoms with E-state index >= 15 is 0 Å². The number of hydrogen-bond donors (Lipinski definition) is 1. The van der Waals surface area contributed by atoms with Gasteiger partial charge in [-0.1, -0.05) is 12.1 Å². The molecule has 166 valence electrons. The van der Waals surface area contributed by atoms with Gasteiger partial charge in [0.25, 0.3) is 17.5 Å². The van der Waals surface area contributed by atoms with Gasteiger partial charge in [0, 0.05) is 6.07 Å². The molecule has 1 fully saturated rings. The molecule has 1 N–H and O–H groups in total. The minimum absolute atomic E-state index is 0.0497. The number of nitro benzene ring substituents is 1. The lowest BCUT2D eigenvalue weighted by molar-refractivity contribution is -0.384. The number of furan rings is 1. The number of ether oxygens (including phenoxy) is 1. The van der Waals surface area contributed by atoms with Crippen molar-refractivity contribution in [3.8, 4) is 17.1 Å². The molecular weight excluding hydrogens is 446 g/mol. The molecule has 1 aliphatic heterocycles. The van der Waals surface area contributed by atoms with Crippen molar-refractivity contribution < 1.29 is 23.7 Å². The number of thiocarbonyl (C=S) groups is 1. The molecule has 1 saturated heterocycles. The van der Waals surface area contributed by atoms with Crippen LogP contribution in [0, 0.1) is 10.1 Å². The highest BCUT2D eigenvalue weighted by Gasteiger charge is 2.34. The van der Waals surface area contributed by atoms with Gasteiger partial charge in [-0.15, -0.1) is 0 Å².